The van der Waals surface area contributed by atoms with Crippen molar-refractivity contribution in [3.8, 4) is 0 Å². The van der Waals surface area contributed by atoms with Gasteiger partial charge in [-0.25, -0.2) is 10.3 Å². The molecule has 1 rings (SSSR count). The van der Waals surface area contributed by atoms with Crippen LogP contribution in [0.4, 0.5) is 4.39 Å². The van der Waals surface area contributed by atoms with Crippen LogP contribution in [0.3, 0.4) is 0 Å². The number of pyridine rings is 1. The largest absolute Gasteiger partial charge is 0.297 e. The van der Waals surface area contributed by atoms with Crippen molar-refractivity contribution in [1.29, 1.82) is 0 Å². The summed E-state index contributed by atoms with van der Waals surface area (Å²) >= 11 is 0. The van der Waals surface area contributed by atoms with Crippen molar-refractivity contribution in [1.82, 2.24) is 4.98 Å². The average molecular weight is 156 g/mol. The van der Waals surface area contributed by atoms with Crippen molar-refractivity contribution < 1.29 is 9.23 Å². The molecular weight excluding hydrogens is 147 g/mol. The lowest BCUT2D eigenvalue weighted by molar-refractivity contribution is 0.0638. The lowest BCUT2D eigenvalue weighted by Gasteiger charge is -2.08. The molecule has 0 aliphatic heterocycles. The highest BCUT2D eigenvalue weighted by molar-refractivity contribution is 5.14. The van der Waals surface area contributed by atoms with Gasteiger partial charge in [-0.15, -0.1) is 0 Å². The third kappa shape index (κ3) is 1.72. The summed E-state index contributed by atoms with van der Waals surface area (Å²) in [4.78, 5) is 8.04. The van der Waals surface area contributed by atoms with Crippen LogP contribution >= 0.6 is 0 Å². The first-order valence-corrected chi connectivity index (χ1v) is 3.20. The van der Waals surface area contributed by atoms with Crippen LogP contribution in [0.1, 0.15) is 18.6 Å². The van der Waals surface area contributed by atoms with Crippen LogP contribution < -0.4 is 5.90 Å². The molecule has 0 saturated carbocycles. The van der Waals surface area contributed by atoms with E-state index in [0.29, 0.717) is 5.56 Å². The zero-order chi connectivity index (χ0) is 8.27. The van der Waals surface area contributed by atoms with Crippen molar-refractivity contribution >= 4 is 0 Å². The highest BCUT2D eigenvalue weighted by Crippen LogP contribution is 2.16. The Labute approximate surface area is 64.0 Å². The third-order valence-electron chi connectivity index (χ3n) is 1.45. The van der Waals surface area contributed by atoms with Gasteiger partial charge in [0.15, 0.2) is 0 Å². The van der Waals surface area contributed by atoms with Gasteiger partial charge >= 0.3 is 0 Å². The van der Waals surface area contributed by atoms with Gasteiger partial charge in [-0.05, 0) is 13.0 Å². The molecule has 2 N–H and O–H groups in total. The van der Waals surface area contributed by atoms with Gasteiger partial charge in [0, 0.05) is 11.8 Å². The Morgan fingerprint density at radius 3 is 3.00 bits per heavy atom. The van der Waals surface area contributed by atoms with E-state index in [1.54, 1.807) is 6.92 Å². The van der Waals surface area contributed by atoms with Gasteiger partial charge in [0.2, 0.25) is 0 Å². The van der Waals surface area contributed by atoms with E-state index in [1.807, 2.05) is 0 Å². The first kappa shape index (κ1) is 8.10. The Kier molecular flexibility index (Phi) is 2.51. The predicted octanol–water partition coefficient (Wildman–Crippen LogP) is 1.17. The smallest absolute Gasteiger partial charge is 0.147 e. The van der Waals surface area contributed by atoms with Crippen LogP contribution in [0.2, 0.25) is 0 Å². The molecule has 1 unspecified atom stereocenters. The zero-order valence-electron chi connectivity index (χ0n) is 6.12. The van der Waals surface area contributed by atoms with E-state index in [1.165, 1.54) is 12.3 Å². The summed E-state index contributed by atoms with van der Waals surface area (Å²) in [5.74, 6) is 4.49. The molecule has 3 nitrogen and oxygen atoms in total. The van der Waals surface area contributed by atoms with E-state index < -0.39 is 11.9 Å². The number of nitrogens with two attached hydrogens (primary N) is 1. The molecule has 11 heavy (non-hydrogen) atoms. The molecule has 0 saturated heterocycles. The SMILES string of the molecule is CC(ON)c1ccncc1F. The van der Waals surface area contributed by atoms with Crippen LogP contribution in [0.25, 0.3) is 0 Å². The van der Waals surface area contributed by atoms with Crippen molar-refractivity contribution in [2.75, 3.05) is 0 Å². The average Bonchev–Trinajstić information content (AvgIpc) is 2.04. The molecule has 0 aromatic carbocycles. The quantitative estimate of drug-likeness (QED) is 0.654. The number of aromatic nitrogens is 1. The van der Waals surface area contributed by atoms with Gasteiger partial charge in [-0.1, -0.05) is 0 Å². The summed E-state index contributed by atoms with van der Waals surface area (Å²) in [6.45, 7) is 1.67. The van der Waals surface area contributed by atoms with Crippen LogP contribution in [0.15, 0.2) is 18.5 Å². The topological polar surface area (TPSA) is 48.1 Å². The lowest BCUT2D eigenvalue weighted by atomic mass is 10.2. The molecule has 0 amide bonds. The maximum absolute atomic E-state index is 12.8. The maximum Gasteiger partial charge on any atom is 0.147 e. The first-order valence-electron chi connectivity index (χ1n) is 3.20. The highest BCUT2D eigenvalue weighted by Gasteiger charge is 2.08. The van der Waals surface area contributed by atoms with Crippen molar-refractivity contribution in [2.45, 2.75) is 13.0 Å². The molecule has 1 heterocycles. The van der Waals surface area contributed by atoms with Crippen LogP contribution in [0, 0.1) is 5.82 Å². The summed E-state index contributed by atoms with van der Waals surface area (Å²) in [5, 5.41) is 0. The number of rotatable bonds is 2. The number of nitrogens with zero attached hydrogens (tertiary/aromatic N) is 1. The number of hydrogen-bond acceptors (Lipinski definition) is 3. The predicted molar refractivity (Wildman–Crippen MR) is 37.9 cm³/mol. The van der Waals surface area contributed by atoms with E-state index in [2.05, 4.69) is 9.82 Å². The first-order chi connectivity index (χ1) is 5.25. The fourth-order valence-corrected chi connectivity index (χ4v) is 0.789. The standard InChI is InChI=1S/C7H9FN2O/c1-5(11-9)6-2-3-10-4-7(6)8/h2-5H,9H2,1H3. The molecule has 0 spiro atoms. The Morgan fingerprint density at radius 1 is 1.73 bits per heavy atom. The third-order valence-corrected chi connectivity index (χ3v) is 1.45. The van der Waals surface area contributed by atoms with E-state index in [0.717, 1.165) is 6.20 Å². The summed E-state index contributed by atoms with van der Waals surface area (Å²) in [6, 6.07) is 1.53. The van der Waals surface area contributed by atoms with Crippen LogP contribution in [-0.4, -0.2) is 4.98 Å². The van der Waals surface area contributed by atoms with Gasteiger partial charge in [-0.3, -0.25) is 9.82 Å². The van der Waals surface area contributed by atoms with Gasteiger partial charge in [0.1, 0.15) is 11.9 Å². The molecule has 0 aliphatic carbocycles. The molecular formula is C7H9FN2O. The van der Waals surface area contributed by atoms with E-state index >= 15 is 0 Å². The van der Waals surface area contributed by atoms with Gasteiger partial charge in [0.05, 0.1) is 6.20 Å². The number of hydrogen-bond donors (Lipinski definition) is 1. The fourth-order valence-electron chi connectivity index (χ4n) is 0.789. The molecule has 0 radical (unpaired) electrons. The van der Waals surface area contributed by atoms with Crippen LogP contribution in [0.5, 0.6) is 0 Å². The van der Waals surface area contributed by atoms with E-state index in [4.69, 9.17) is 5.90 Å². The second-order valence-electron chi connectivity index (χ2n) is 2.18. The van der Waals surface area contributed by atoms with Crippen molar-refractivity contribution in [3.63, 3.8) is 0 Å². The minimum absolute atomic E-state index is 0.398. The van der Waals surface area contributed by atoms with E-state index in [-0.39, 0.29) is 0 Å². The molecule has 1 aromatic rings. The molecule has 1 atom stereocenters. The Hall–Kier alpha value is -1.00. The normalized spacial score (nSPS) is 13.0. The van der Waals surface area contributed by atoms with Gasteiger partial charge in [-0.2, -0.15) is 0 Å². The zero-order valence-corrected chi connectivity index (χ0v) is 6.12. The Bertz CT molecular complexity index is 242. The van der Waals surface area contributed by atoms with Gasteiger partial charge < -0.3 is 0 Å². The minimum atomic E-state index is -0.432. The Balaban J connectivity index is 2.93. The van der Waals surface area contributed by atoms with E-state index in [9.17, 15) is 4.39 Å². The lowest BCUT2D eigenvalue weighted by Crippen LogP contribution is -2.07. The minimum Gasteiger partial charge on any atom is -0.297 e. The summed E-state index contributed by atoms with van der Waals surface area (Å²) < 4.78 is 12.8. The monoisotopic (exact) mass is 156 g/mol. The van der Waals surface area contributed by atoms with Crippen molar-refractivity contribution in [2.24, 2.45) is 5.90 Å². The molecule has 0 aliphatic rings. The number of halogens is 1. The van der Waals surface area contributed by atoms with Gasteiger partial charge in [0.25, 0.3) is 0 Å². The summed E-state index contributed by atoms with van der Waals surface area (Å²) in [6.07, 6.45) is 2.19. The summed E-state index contributed by atoms with van der Waals surface area (Å²) in [5.41, 5.74) is 0.419. The fraction of sp³-hybridized carbons (Fsp3) is 0.286. The molecule has 0 bridgehead atoms. The molecule has 60 valence electrons. The maximum atomic E-state index is 12.8. The molecule has 4 heteroatoms. The summed E-state index contributed by atoms with van der Waals surface area (Å²) in [7, 11) is 0. The second kappa shape index (κ2) is 3.41. The molecule has 1 aromatic heterocycles. The van der Waals surface area contributed by atoms with Crippen molar-refractivity contribution in [3.05, 3.63) is 29.8 Å². The Morgan fingerprint density at radius 2 is 2.45 bits per heavy atom. The molecule has 0 fully saturated rings. The highest BCUT2D eigenvalue weighted by atomic mass is 19.1. The second-order valence-corrected chi connectivity index (χ2v) is 2.18. The van der Waals surface area contributed by atoms with Crippen LogP contribution in [-0.2, 0) is 4.84 Å².